The van der Waals surface area contributed by atoms with Gasteiger partial charge in [-0.25, -0.2) is 0 Å². The maximum atomic E-state index is 9.79. The number of fused-ring (bicyclic) bond motifs is 1. The molecule has 0 radical (unpaired) electrons. The number of para-hydroxylation sites is 1. The number of aromatic hydroxyl groups is 1. The molecule has 2 N–H and O–H groups in total. The van der Waals surface area contributed by atoms with Gasteiger partial charge >= 0.3 is 0 Å². The predicted molar refractivity (Wildman–Crippen MR) is 69.2 cm³/mol. The Kier molecular flexibility index (Phi) is 2.33. The zero-order chi connectivity index (χ0) is 11.7. The molecule has 84 valence electrons. The van der Waals surface area contributed by atoms with Gasteiger partial charge in [-0.15, -0.1) is 0 Å². The first-order chi connectivity index (χ1) is 8.34. The van der Waals surface area contributed by atoms with Crippen molar-refractivity contribution >= 4 is 10.9 Å². The molecule has 0 saturated carbocycles. The third-order valence-corrected chi connectivity index (χ3v) is 3.06. The van der Waals surface area contributed by atoms with Gasteiger partial charge in [0.1, 0.15) is 5.75 Å². The van der Waals surface area contributed by atoms with Crippen LogP contribution < -0.4 is 0 Å². The first-order valence-corrected chi connectivity index (χ1v) is 5.66. The Hall–Kier alpha value is -2.22. The summed E-state index contributed by atoms with van der Waals surface area (Å²) in [6, 6.07) is 15.8. The molecular weight excluding hydrogens is 210 g/mol. The van der Waals surface area contributed by atoms with E-state index in [4.69, 9.17) is 0 Å². The van der Waals surface area contributed by atoms with Gasteiger partial charge in [-0.3, -0.25) is 0 Å². The van der Waals surface area contributed by atoms with Gasteiger partial charge in [0.05, 0.1) is 0 Å². The van der Waals surface area contributed by atoms with Gasteiger partial charge in [-0.2, -0.15) is 0 Å². The average molecular weight is 223 g/mol. The van der Waals surface area contributed by atoms with E-state index < -0.39 is 0 Å². The quantitative estimate of drug-likeness (QED) is 0.685. The van der Waals surface area contributed by atoms with Crippen LogP contribution in [0, 0.1) is 0 Å². The molecule has 3 rings (SSSR count). The van der Waals surface area contributed by atoms with E-state index in [1.165, 1.54) is 10.9 Å². The fraction of sp³-hybridized carbons (Fsp3) is 0.0667. The topological polar surface area (TPSA) is 36.0 Å². The number of H-pyrrole nitrogens is 1. The van der Waals surface area contributed by atoms with Gasteiger partial charge in [0.25, 0.3) is 0 Å². The van der Waals surface area contributed by atoms with Crippen molar-refractivity contribution in [3.63, 3.8) is 0 Å². The zero-order valence-corrected chi connectivity index (χ0v) is 9.35. The molecule has 2 nitrogen and oxygen atoms in total. The summed E-state index contributed by atoms with van der Waals surface area (Å²) in [6.45, 7) is 0. The lowest BCUT2D eigenvalue weighted by Crippen LogP contribution is -1.89. The van der Waals surface area contributed by atoms with Crippen molar-refractivity contribution in [3.8, 4) is 5.75 Å². The van der Waals surface area contributed by atoms with Gasteiger partial charge in [0, 0.05) is 23.5 Å². The van der Waals surface area contributed by atoms with Gasteiger partial charge < -0.3 is 10.1 Å². The Balaban J connectivity index is 2.06. The van der Waals surface area contributed by atoms with Crippen LogP contribution in [0.4, 0.5) is 0 Å². The molecule has 17 heavy (non-hydrogen) atoms. The summed E-state index contributed by atoms with van der Waals surface area (Å²) in [4.78, 5) is 3.20. The SMILES string of the molecule is Oc1ccccc1Cc1cccc2[nH]ccc12. The molecule has 0 aliphatic rings. The summed E-state index contributed by atoms with van der Waals surface area (Å²) < 4.78 is 0. The summed E-state index contributed by atoms with van der Waals surface area (Å²) in [6.07, 6.45) is 2.70. The molecule has 0 fully saturated rings. The third kappa shape index (κ3) is 1.78. The highest BCUT2D eigenvalue weighted by Crippen LogP contribution is 2.24. The van der Waals surface area contributed by atoms with Crippen molar-refractivity contribution in [2.75, 3.05) is 0 Å². The van der Waals surface area contributed by atoms with Crippen LogP contribution >= 0.6 is 0 Å². The smallest absolute Gasteiger partial charge is 0.119 e. The fourth-order valence-electron chi connectivity index (χ4n) is 2.17. The molecule has 0 amide bonds. The Morgan fingerprint density at radius 1 is 0.882 bits per heavy atom. The Morgan fingerprint density at radius 3 is 2.59 bits per heavy atom. The van der Waals surface area contributed by atoms with E-state index in [2.05, 4.69) is 23.2 Å². The number of phenols is 1. The maximum absolute atomic E-state index is 9.79. The first-order valence-electron chi connectivity index (χ1n) is 5.66. The molecule has 0 aliphatic heterocycles. The van der Waals surface area contributed by atoms with Crippen molar-refractivity contribution in [3.05, 3.63) is 65.9 Å². The van der Waals surface area contributed by atoms with E-state index in [0.717, 1.165) is 17.5 Å². The van der Waals surface area contributed by atoms with Crippen LogP contribution in [0.5, 0.6) is 5.75 Å². The van der Waals surface area contributed by atoms with Crippen molar-refractivity contribution in [2.24, 2.45) is 0 Å². The second-order valence-corrected chi connectivity index (χ2v) is 4.16. The van der Waals surface area contributed by atoms with Crippen LogP contribution in [0.2, 0.25) is 0 Å². The van der Waals surface area contributed by atoms with E-state index in [0.29, 0.717) is 5.75 Å². The molecule has 0 bridgehead atoms. The number of hydrogen-bond acceptors (Lipinski definition) is 1. The minimum Gasteiger partial charge on any atom is -0.508 e. The molecular formula is C15H13NO. The Morgan fingerprint density at radius 2 is 1.71 bits per heavy atom. The minimum atomic E-state index is 0.361. The van der Waals surface area contributed by atoms with Gasteiger partial charge in [0.2, 0.25) is 0 Å². The van der Waals surface area contributed by atoms with Crippen LogP contribution in [-0.4, -0.2) is 10.1 Å². The normalized spacial score (nSPS) is 10.8. The van der Waals surface area contributed by atoms with E-state index in [-0.39, 0.29) is 0 Å². The molecule has 2 aromatic carbocycles. The second-order valence-electron chi connectivity index (χ2n) is 4.16. The first kappa shape index (κ1) is 9.97. The Labute approximate surface area is 99.5 Å². The number of hydrogen-bond donors (Lipinski definition) is 2. The summed E-state index contributed by atoms with van der Waals surface area (Å²) in [5.41, 5.74) is 3.32. The zero-order valence-electron chi connectivity index (χ0n) is 9.35. The van der Waals surface area contributed by atoms with Crippen molar-refractivity contribution in [1.29, 1.82) is 0 Å². The average Bonchev–Trinajstić information content (AvgIpc) is 2.81. The monoisotopic (exact) mass is 223 g/mol. The fourth-order valence-corrected chi connectivity index (χ4v) is 2.17. The molecule has 0 unspecified atom stereocenters. The molecule has 1 aromatic heterocycles. The lowest BCUT2D eigenvalue weighted by atomic mass is 10.0. The number of phenolic OH excluding ortho intramolecular Hbond substituents is 1. The molecule has 3 aromatic rings. The number of aromatic amines is 1. The van der Waals surface area contributed by atoms with Crippen molar-refractivity contribution in [2.45, 2.75) is 6.42 Å². The summed E-state index contributed by atoms with van der Waals surface area (Å²) >= 11 is 0. The van der Waals surface area contributed by atoms with E-state index >= 15 is 0 Å². The van der Waals surface area contributed by atoms with E-state index in [9.17, 15) is 5.11 Å². The summed E-state index contributed by atoms with van der Waals surface area (Å²) in [5.74, 6) is 0.361. The van der Waals surface area contributed by atoms with Crippen LogP contribution in [0.15, 0.2) is 54.7 Å². The van der Waals surface area contributed by atoms with Gasteiger partial charge in [-0.1, -0.05) is 30.3 Å². The molecule has 2 heteroatoms. The van der Waals surface area contributed by atoms with Crippen LogP contribution in [0.25, 0.3) is 10.9 Å². The largest absolute Gasteiger partial charge is 0.508 e. The highest BCUT2D eigenvalue weighted by molar-refractivity contribution is 5.83. The van der Waals surface area contributed by atoms with Crippen molar-refractivity contribution < 1.29 is 5.11 Å². The highest BCUT2D eigenvalue weighted by Gasteiger charge is 2.05. The second kappa shape index (κ2) is 3.98. The lowest BCUT2D eigenvalue weighted by molar-refractivity contribution is 0.469. The summed E-state index contributed by atoms with van der Waals surface area (Å²) in [5, 5.41) is 11.0. The number of nitrogens with one attached hydrogen (secondary N) is 1. The van der Waals surface area contributed by atoms with Crippen LogP contribution in [0.1, 0.15) is 11.1 Å². The maximum Gasteiger partial charge on any atom is 0.119 e. The van der Waals surface area contributed by atoms with E-state index in [1.807, 2.05) is 30.5 Å². The minimum absolute atomic E-state index is 0.361. The molecule has 0 aliphatic carbocycles. The molecule has 0 atom stereocenters. The summed E-state index contributed by atoms with van der Waals surface area (Å²) in [7, 11) is 0. The molecule has 0 saturated heterocycles. The van der Waals surface area contributed by atoms with Gasteiger partial charge in [-0.05, 0) is 29.3 Å². The molecule has 0 spiro atoms. The standard InChI is InChI=1S/C15H13NO/c17-15-7-2-1-4-12(15)10-11-5-3-6-14-13(11)8-9-16-14/h1-9,16-17H,10H2. The highest BCUT2D eigenvalue weighted by atomic mass is 16.3. The van der Waals surface area contributed by atoms with E-state index in [1.54, 1.807) is 6.07 Å². The Bertz CT molecular complexity index is 655. The van der Waals surface area contributed by atoms with Crippen LogP contribution in [-0.2, 0) is 6.42 Å². The number of benzene rings is 2. The lowest BCUT2D eigenvalue weighted by Gasteiger charge is -2.05. The van der Waals surface area contributed by atoms with Crippen LogP contribution in [0.3, 0.4) is 0 Å². The third-order valence-electron chi connectivity index (χ3n) is 3.06. The number of rotatable bonds is 2. The van der Waals surface area contributed by atoms with Crippen molar-refractivity contribution in [1.82, 2.24) is 4.98 Å². The number of aromatic nitrogens is 1. The van der Waals surface area contributed by atoms with Gasteiger partial charge in [0.15, 0.2) is 0 Å². The molecule has 1 heterocycles. The predicted octanol–water partition coefficient (Wildman–Crippen LogP) is 3.46.